The van der Waals surface area contributed by atoms with Gasteiger partial charge in [-0.3, -0.25) is 4.79 Å². The SMILES string of the molecule is COc1ccc(NCCc2ccc3ccccc3c2)cc1.Cc1ccc(NC(=O)Cc2cccc3ccccc23)cc1. The zero-order chi connectivity index (χ0) is 29.1. The van der Waals surface area contributed by atoms with E-state index in [1.165, 1.54) is 21.9 Å². The number of aryl methyl sites for hydroxylation is 1. The molecule has 0 saturated heterocycles. The molecule has 0 fully saturated rings. The van der Waals surface area contributed by atoms with Gasteiger partial charge in [0.25, 0.3) is 0 Å². The van der Waals surface area contributed by atoms with E-state index in [2.05, 4.69) is 71.3 Å². The van der Waals surface area contributed by atoms with Crippen LogP contribution in [0.2, 0.25) is 0 Å². The van der Waals surface area contributed by atoms with E-state index in [1.807, 2.05) is 79.7 Å². The lowest BCUT2D eigenvalue weighted by atomic mass is 10.0. The summed E-state index contributed by atoms with van der Waals surface area (Å²) in [6.45, 7) is 2.95. The first-order valence-electron chi connectivity index (χ1n) is 14.3. The molecule has 2 N–H and O–H groups in total. The standard InChI is InChI=1S/C19H17NO.C19H19NO/c1-14-9-11-17(12-10-14)20-19(21)13-16-7-4-6-15-5-2-3-8-18(15)16;1-21-19-10-8-18(9-11-19)20-13-12-15-6-7-16-4-2-3-5-17(16)14-15/h2-12H,13H2,1H3,(H,20,21);2-11,14,20H,12-13H2,1H3. The highest BCUT2D eigenvalue weighted by atomic mass is 16.5. The maximum Gasteiger partial charge on any atom is 0.228 e. The molecule has 210 valence electrons. The molecule has 0 aliphatic heterocycles. The van der Waals surface area contributed by atoms with Gasteiger partial charge in [-0.2, -0.15) is 0 Å². The first-order valence-corrected chi connectivity index (χ1v) is 14.3. The van der Waals surface area contributed by atoms with Crippen molar-refractivity contribution in [1.82, 2.24) is 0 Å². The van der Waals surface area contributed by atoms with E-state index < -0.39 is 0 Å². The zero-order valence-corrected chi connectivity index (χ0v) is 24.1. The van der Waals surface area contributed by atoms with Gasteiger partial charge >= 0.3 is 0 Å². The number of carbonyl (C=O) groups excluding carboxylic acids is 1. The van der Waals surface area contributed by atoms with Gasteiger partial charge in [0, 0.05) is 17.9 Å². The van der Waals surface area contributed by atoms with Gasteiger partial charge in [-0.05, 0) is 82.4 Å². The molecule has 0 radical (unpaired) electrons. The second kappa shape index (κ2) is 14.0. The molecule has 6 aromatic rings. The Kier molecular flexibility index (Phi) is 9.48. The summed E-state index contributed by atoms with van der Waals surface area (Å²) in [4.78, 5) is 12.2. The summed E-state index contributed by atoms with van der Waals surface area (Å²) >= 11 is 0. The van der Waals surface area contributed by atoms with Crippen LogP contribution in [0.4, 0.5) is 11.4 Å². The Hall–Kier alpha value is -5.09. The van der Waals surface area contributed by atoms with E-state index in [9.17, 15) is 4.79 Å². The number of hydrogen-bond donors (Lipinski definition) is 2. The number of nitrogens with one attached hydrogen (secondary N) is 2. The molecule has 0 heterocycles. The quantitative estimate of drug-likeness (QED) is 0.198. The van der Waals surface area contributed by atoms with Crippen LogP contribution in [-0.4, -0.2) is 19.6 Å². The first kappa shape index (κ1) is 28.4. The molecule has 42 heavy (non-hydrogen) atoms. The summed E-state index contributed by atoms with van der Waals surface area (Å²) < 4.78 is 5.16. The Labute approximate surface area is 248 Å². The average molecular weight is 553 g/mol. The second-order valence-corrected chi connectivity index (χ2v) is 10.3. The zero-order valence-electron chi connectivity index (χ0n) is 24.1. The van der Waals surface area contributed by atoms with Crippen molar-refractivity contribution in [3.63, 3.8) is 0 Å². The highest BCUT2D eigenvalue weighted by Crippen LogP contribution is 2.20. The van der Waals surface area contributed by atoms with Crippen LogP contribution in [0.3, 0.4) is 0 Å². The van der Waals surface area contributed by atoms with Gasteiger partial charge in [0.15, 0.2) is 0 Å². The van der Waals surface area contributed by atoms with Crippen molar-refractivity contribution in [1.29, 1.82) is 0 Å². The third-order valence-electron chi connectivity index (χ3n) is 7.21. The van der Waals surface area contributed by atoms with Crippen LogP contribution in [0.1, 0.15) is 16.7 Å². The predicted molar refractivity (Wildman–Crippen MR) is 177 cm³/mol. The number of anilines is 2. The van der Waals surface area contributed by atoms with E-state index in [4.69, 9.17) is 4.74 Å². The van der Waals surface area contributed by atoms with E-state index in [1.54, 1.807) is 7.11 Å². The summed E-state index contributed by atoms with van der Waals surface area (Å²) in [6, 6.07) is 45.2. The van der Waals surface area contributed by atoms with Crippen LogP contribution in [0.5, 0.6) is 5.75 Å². The van der Waals surface area contributed by atoms with Gasteiger partial charge in [0.05, 0.1) is 13.5 Å². The van der Waals surface area contributed by atoms with Crippen molar-refractivity contribution in [2.75, 3.05) is 24.3 Å². The van der Waals surface area contributed by atoms with Gasteiger partial charge in [0.1, 0.15) is 5.75 Å². The lowest BCUT2D eigenvalue weighted by molar-refractivity contribution is -0.115. The predicted octanol–water partition coefficient (Wildman–Crippen LogP) is 8.83. The summed E-state index contributed by atoms with van der Waals surface area (Å²) in [5.41, 5.74) is 5.55. The Morgan fingerprint density at radius 2 is 1.33 bits per heavy atom. The minimum absolute atomic E-state index is 0.00945. The Morgan fingerprint density at radius 3 is 2.10 bits per heavy atom. The molecule has 6 rings (SSSR count). The summed E-state index contributed by atoms with van der Waals surface area (Å²) in [5, 5.41) is 11.3. The number of benzene rings is 6. The molecule has 0 unspecified atom stereocenters. The van der Waals surface area contributed by atoms with Crippen molar-refractivity contribution in [3.8, 4) is 5.75 Å². The molecule has 0 aliphatic carbocycles. The molecule has 0 aliphatic rings. The number of amides is 1. The van der Waals surface area contributed by atoms with Crippen LogP contribution in [0.15, 0.2) is 133 Å². The Bertz CT molecular complexity index is 1750. The fourth-order valence-electron chi connectivity index (χ4n) is 4.92. The van der Waals surface area contributed by atoms with Gasteiger partial charge in [0.2, 0.25) is 5.91 Å². The van der Waals surface area contributed by atoms with Crippen LogP contribution >= 0.6 is 0 Å². The van der Waals surface area contributed by atoms with Crippen molar-refractivity contribution < 1.29 is 9.53 Å². The maximum atomic E-state index is 12.2. The van der Waals surface area contributed by atoms with Crippen LogP contribution < -0.4 is 15.4 Å². The largest absolute Gasteiger partial charge is 0.497 e. The number of rotatable bonds is 8. The van der Waals surface area contributed by atoms with E-state index in [-0.39, 0.29) is 5.91 Å². The van der Waals surface area contributed by atoms with Gasteiger partial charge in [-0.1, -0.05) is 103 Å². The molecule has 0 saturated carbocycles. The van der Waals surface area contributed by atoms with E-state index >= 15 is 0 Å². The van der Waals surface area contributed by atoms with Crippen molar-refractivity contribution >= 4 is 38.8 Å². The highest BCUT2D eigenvalue weighted by molar-refractivity contribution is 5.96. The highest BCUT2D eigenvalue weighted by Gasteiger charge is 2.07. The third-order valence-corrected chi connectivity index (χ3v) is 7.21. The van der Waals surface area contributed by atoms with E-state index in [0.717, 1.165) is 46.4 Å². The van der Waals surface area contributed by atoms with Gasteiger partial charge in [-0.25, -0.2) is 0 Å². The van der Waals surface area contributed by atoms with Crippen molar-refractivity contribution in [3.05, 3.63) is 150 Å². The van der Waals surface area contributed by atoms with Gasteiger partial charge < -0.3 is 15.4 Å². The lowest BCUT2D eigenvalue weighted by Gasteiger charge is -2.08. The molecule has 0 atom stereocenters. The molecule has 4 nitrogen and oxygen atoms in total. The minimum atomic E-state index is 0.00945. The number of carbonyl (C=O) groups is 1. The molecule has 0 bridgehead atoms. The Morgan fingerprint density at radius 1 is 0.667 bits per heavy atom. The second-order valence-electron chi connectivity index (χ2n) is 10.3. The number of ether oxygens (including phenoxy) is 1. The van der Waals surface area contributed by atoms with Crippen LogP contribution in [0.25, 0.3) is 21.5 Å². The molecule has 1 amide bonds. The number of hydrogen-bond acceptors (Lipinski definition) is 3. The van der Waals surface area contributed by atoms with Crippen LogP contribution in [0, 0.1) is 6.92 Å². The molecule has 4 heteroatoms. The molecular formula is C38H36N2O2. The van der Waals surface area contributed by atoms with Gasteiger partial charge in [-0.15, -0.1) is 0 Å². The minimum Gasteiger partial charge on any atom is -0.497 e. The Balaban J connectivity index is 0.000000168. The topological polar surface area (TPSA) is 50.4 Å². The average Bonchev–Trinajstić information content (AvgIpc) is 3.03. The monoisotopic (exact) mass is 552 g/mol. The third kappa shape index (κ3) is 7.76. The normalized spacial score (nSPS) is 10.5. The van der Waals surface area contributed by atoms with E-state index in [0.29, 0.717) is 6.42 Å². The summed E-state index contributed by atoms with van der Waals surface area (Å²) in [6.07, 6.45) is 1.39. The molecule has 0 aromatic heterocycles. The molecule has 0 spiro atoms. The number of fused-ring (bicyclic) bond motifs is 2. The smallest absolute Gasteiger partial charge is 0.228 e. The molecular weight excluding hydrogens is 516 g/mol. The fourth-order valence-corrected chi connectivity index (χ4v) is 4.92. The summed E-state index contributed by atoms with van der Waals surface area (Å²) in [5.74, 6) is 0.894. The first-order chi connectivity index (χ1) is 20.6. The molecule has 6 aromatic carbocycles. The van der Waals surface area contributed by atoms with Crippen molar-refractivity contribution in [2.45, 2.75) is 19.8 Å². The fraction of sp³-hybridized carbons (Fsp3) is 0.132. The number of methoxy groups -OCH3 is 1. The summed E-state index contributed by atoms with van der Waals surface area (Å²) in [7, 11) is 1.68. The van der Waals surface area contributed by atoms with Crippen molar-refractivity contribution in [2.24, 2.45) is 0 Å². The van der Waals surface area contributed by atoms with Crippen LogP contribution in [-0.2, 0) is 17.6 Å². The lowest BCUT2D eigenvalue weighted by Crippen LogP contribution is -2.14. The maximum absolute atomic E-state index is 12.2.